The third kappa shape index (κ3) is 6.28. The molecule has 1 atom stereocenters. The molecule has 0 saturated carbocycles. The van der Waals surface area contributed by atoms with Gasteiger partial charge in [0.15, 0.2) is 0 Å². The molecule has 6 nitrogen and oxygen atoms in total. The lowest BCUT2D eigenvalue weighted by atomic mass is 9.93. The Morgan fingerprint density at radius 3 is 2.29 bits per heavy atom. The highest BCUT2D eigenvalue weighted by Gasteiger charge is 2.33. The van der Waals surface area contributed by atoms with E-state index in [-0.39, 0.29) is 17.7 Å². The fourth-order valence-electron chi connectivity index (χ4n) is 4.63. The van der Waals surface area contributed by atoms with E-state index in [1.54, 1.807) is 7.11 Å². The van der Waals surface area contributed by atoms with Gasteiger partial charge in [0.25, 0.3) is 0 Å². The molecule has 1 saturated heterocycles. The van der Waals surface area contributed by atoms with E-state index >= 15 is 0 Å². The first kappa shape index (κ1) is 24.5. The quantitative estimate of drug-likeness (QED) is 0.499. The Bertz CT molecular complexity index is 1130. The molecule has 1 aliphatic heterocycles. The van der Waals surface area contributed by atoms with Crippen molar-refractivity contribution in [3.8, 4) is 5.75 Å². The summed E-state index contributed by atoms with van der Waals surface area (Å²) in [6, 6.07) is 25.0. The van der Waals surface area contributed by atoms with Gasteiger partial charge < -0.3 is 15.4 Å². The summed E-state index contributed by atoms with van der Waals surface area (Å²) in [6.07, 6.45) is 1.43. The Hall–Kier alpha value is -3.64. The summed E-state index contributed by atoms with van der Waals surface area (Å²) < 4.78 is 5.45. The van der Waals surface area contributed by atoms with E-state index in [0.29, 0.717) is 43.9 Å². The number of likely N-dealkylation sites (tertiary alicyclic amines) is 1. The van der Waals surface area contributed by atoms with Crippen LogP contribution in [0.15, 0.2) is 78.9 Å². The van der Waals surface area contributed by atoms with E-state index in [2.05, 4.69) is 15.5 Å². The monoisotopic (exact) mass is 471 g/mol. The number of nitrogens with one attached hydrogen (secondary N) is 2. The number of hydrogen-bond donors (Lipinski definition) is 2. The number of benzene rings is 3. The van der Waals surface area contributed by atoms with E-state index in [1.807, 2.05) is 85.8 Å². The van der Waals surface area contributed by atoms with Crippen LogP contribution in [0.2, 0.25) is 0 Å². The van der Waals surface area contributed by atoms with Gasteiger partial charge in [-0.25, -0.2) is 0 Å². The van der Waals surface area contributed by atoms with Gasteiger partial charge in [-0.05, 0) is 61.7 Å². The Balaban J connectivity index is 1.43. The molecule has 3 aromatic rings. The normalized spacial score (nSPS) is 15.3. The maximum Gasteiger partial charge on any atom is 0.246 e. The standard InChI is InChI=1S/C29H33N3O3/c1-21-13-14-26(35-2)25(19-21)31-29(34)27(23-11-7-4-8-12-23)32-17-15-24(16-18-32)28(33)30-20-22-9-5-3-6-10-22/h3-14,19,24,27H,15-18,20H2,1-2H3,(H,30,33)(H,31,34). The zero-order valence-electron chi connectivity index (χ0n) is 20.4. The SMILES string of the molecule is COc1ccc(C)cc1NC(=O)C(c1ccccc1)N1CCC(C(=O)NCc2ccccc2)CC1. The van der Waals surface area contributed by atoms with Gasteiger partial charge in [0, 0.05) is 12.5 Å². The van der Waals surface area contributed by atoms with Crippen LogP contribution < -0.4 is 15.4 Å². The summed E-state index contributed by atoms with van der Waals surface area (Å²) in [5.41, 5.74) is 3.72. The Morgan fingerprint density at radius 1 is 0.971 bits per heavy atom. The number of carbonyl (C=O) groups is 2. The minimum Gasteiger partial charge on any atom is -0.495 e. The molecule has 35 heavy (non-hydrogen) atoms. The maximum atomic E-state index is 13.6. The van der Waals surface area contributed by atoms with E-state index < -0.39 is 6.04 Å². The van der Waals surface area contributed by atoms with Gasteiger partial charge in [-0.3, -0.25) is 14.5 Å². The molecule has 1 unspecified atom stereocenters. The van der Waals surface area contributed by atoms with Crippen LogP contribution in [0.5, 0.6) is 5.75 Å². The maximum absolute atomic E-state index is 13.6. The Morgan fingerprint density at radius 2 is 1.63 bits per heavy atom. The highest BCUT2D eigenvalue weighted by molar-refractivity contribution is 5.97. The van der Waals surface area contributed by atoms with Crippen LogP contribution in [0.3, 0.4) is 0 Å². The molecule has 0 radical (unpaired) electrons. The van der Waals surface area contributed by atoms with Crippen molar-refractivity contribution in [1.29, 1.82) is 0 Å². The molecule has 1 aliphatic rings. The molecule has 0 bridgehead atoms. The van der Waals surface area contributed by atoms with Crippen molar-refractivity contribution in [2.75, 3.05) is 25.5 Å². The molecule has 4 rings (SSSR count). The smallest absolute Gasteiger partial charge is 0.246 e. The molecule has 1 heterocycles. The Kier molecular flexibility index (Phi) is 8.16. The fourth-order valence-corrected chi connectivity index (χ4v) is 4.63. The van der Waals surface area contributed by atoms with Crippen LogP contribution in [-0.4, -0.2) is 36.9 Å². The van der Waals surface area contributed by atoms with Crippen molar-refractivity contribution >= 4 is 17.5 Å². The average Bonchev–Trinajstić information content (AvgIpc) is 2.89. The molecule has 0 aliphatic carbocycles. The van der Waals surface area contributed by atoms with E-state index in [4.69, 9.17) is 4.74 Å². The van der Waals surface area contributed by atoms with Crippen molar-refractivity contribution in [2.45, 2.75) is 32.4 Å². The van der Waals surface area contributed by atoms with Gasteiger partial charge in [-0.15, -0.1) is 0 Å². The van der Waals surface area contributed by atoms with Crippen LogP contribution in [-0.2, 0) is 16.1 Å². The van der Waals surface area contributed by atoms with Crippen molar-refractivity contribution < 1.29 is 14.3 Å². The van der Waals surface area contributed by atoms with Gasteiger partial charge in [0.05, 0.1) is 12.8 Å². The Labute approximate surface area is 207 Å². The number of rotatable bonds is 8. The summed E-state index contributed by atoms with van der Waals surface area (Å²) in [6.45, 7) is 3.85. The minimum atomic E-state index is -0.449. The first-order valence-electron chi connectivity index (χ1n) is 12.1. The van der Waals surface area contributed by atoms with Gasteiger partial charge in [-0.2, -0.15) is 0 Å². The van der Waals surface area contributed by atoms with Crippen molar-refractivity contribution in [2.24, 2.45) is 5.92 Å². The molecule has 3 aromatic carbocycles. The third-order valence-corrected chi connectivity index (χ3v) is 6.55. The number of methoxy groups -OCH3 is 1. The number of nitrogens with zero attached hydrogens (tertiary/aromatic N) is 1. The van der Waals surface area contributed by atoms with E-state index in [0.717, 1.165) is 16.7 Å². The lowest BCUT2D eigenvalue weighted by molar-refractivity contribution is -0.127. The topological polar surface area (TPSA) is 70.7 Å². The summed E-state index contributed by atoms with van der Waals surface area (Å²) in [5, 5.41) is 6.15. The van der Waals surface area contributed by atoms with Crippen molar-refractivity contribution in [3.63, 3.8) is 0 Å². The fraction of sp³-hybridized carbons (Fsp3) is 0.310. The van der Waals surface area contributed by atoms with Crippen LogP contribution >= 0.6 is 0 Å². The van der Waals surface area contributed by atoms with Crippen molar-refractivity contribution in [1.82, 2.24) is 10.2 Å². The summed E-state index contributed by atoms with van der Waals surface area (Å²) in [4.78, 5) is 28.5. The number of hydrogen-bond acceptors (Lipinski definition) is 4. The van der Waals surface area contributed by atoms with Gasteiger partial charge in [-0.1, -0.05) is 66.7 Å². The zero-order valence-corrected chi connectivity index (χ0v) is 20.4. The van der Waals surface area contributed by atoms with Gasteiger partial charge >= 0.3 is 0 Å². The van der Waals surface area contributed by atoms with Crippen LogP contribution in [0.4, 0.5) is 5.69 Å². The molecule has 1 fully saturated rings. The van der Waals surface area contributed by atoms with Crippen LogP contribution in [0.25, 0.3) is 0 Å². The molecule has 2 N–H and O–H groups in total. The highest BCUT2D eigenvalue weighted by atomic mass is 16.5. The summed E-state index contributed by atoms with van der Waals surface area (Å²) in [5.74, 6) is 0.557. The number of amides is 2. The number of aryl methyl sites for hydroxylation is 1. The van der Waals surface area contributed by atoms with Gasteiger partial charge in [0.2, 0.25) is 11.8 Å². The van der Waals surface area contributed by atoms with E-state index in [9.17, 15) is 9.59 Å². The molecule has 2 amide bonds. The third-order valence-electron chi connectivity index (χ3n) is 6.55. The summed E-state index contributed by atoms with van der Waals surface area (Å²) in [7, 11) is 1.60. The molecular weight excluding hydrogens is 438 g/mol. The van der Waals surface area contributed by atoms with Crippen LogP contribution in [0, 0.1) is 12.8 Å². The largest absolute Gasteiger partial charge is 0.495 e. The molecule has 0 aromatic heterocycles. The predicted octanol–water partition coefficient (Wildman–Crippen LogP) is 4.71. The lowest BCUT2D eigenvalue weighted by Gasteiger charge is -2.36. The molecular formula is C29H33N3O3. The van der Waals surface area contributed by atoms with Crippen LogP contribution in [0.1, 0.15) is 35.6 Å². The number of piperidine rings is 1. The first-order valence-corrected chi connectivity index (χ1v) is 12.1. The molecule has 6 heteroatoms. The number of ether oxygens (including phenoxy) is 1. The second kappa shape index (κ2) is 11.7. The highest BCUT2D eigenvalue weighted by Crippen LogP contribution is 2.31. The predicted molar refractivity (Wildman–Crippen MR) is 138 cm³/mol. The second-order valence-electron chi connectivity index (χ2n) is 9.02. The van der Waals surface area contributed by atoms with Gasteiger partial charge in [0.1, 0.15) is 11.8 Å². The first-order chi connectivity index (χ1) is 17.0. The second-order valence-corrected chi connectivity index (χ2v) is 9.02. The molecule has 182 valence electrons. The summed E-state index contributed by atoms with van der Waals surface area (Å²) >= 11 is 0. The molecule has 0 spiro atoms. The lowest BCUT2D eigenvalue weighted by Crippen LogP contribution is -2.45. The minimum absolute atomic E-state index is 0.0497. The zero-order chi connectivity index (χ0) is 24.6. The number of carbonyl (C=O) groups excluding carboxylic acids is 2. The van der Waals surface area contributed by atoms with E-state index in [1.165, 1.54) is 0 Å². The number of anilines is 1. The average molecular weight is 472 g/mol. The van der Waals surface area contributed by atoms with Crippen molar-refractivity contribution in [3.05, 3.63) is 95.6 Å².